The first-order valence-electron chi connectivity index (χ1n) is 2.12. The Morgan fingerprint density at radius 3 is 2.22 bits per heavy atom. The molecule has 52 valence electrons. The van der Waals surface area contributed by atoms with Crippen LogP contribution >= 0.6 is 22.6 Å². The number of hydrogen-bond acceptors (Lipinski definition) is 4. The van der Waals surface area contributed by atoms with Crippen LogP contribution in [-0.4, -0.2) is 5.97 Å². The number of rotatable bonds is 1. The third-order valence-corrected chi connectivity index (χ3v) is 1.92. The molecule has 0 aromatic rings. The average Bonchev–Trinajstić information content (AvgIpc) is 1.84. The summed E-state index contributed by atoms with van der Waals surface area (Å²) in [6.45, 7) is 1.60. The van der Waals surface area contributed by atoms with Gasteiger partial charge in [0.1, 0.15) is 3.58 Å². The molecule has 4 N–H and O–H groups in total. The number of carbonyl (C=O) groups excluding carboxylic acids is 1. The average molecular weight is 242 g/mol. The zero-order valence-corrected chi connectivity index (χ0v) is 7.01. The van der Waals surface area contributed by atoms with E-state index in [1.54, 1.807) is 29.5 Å². The summed E-state index contributed by atoms with van der Waals surface area (Å²) in [5.41, 5.74) is 5.64. The summed E-state index contributed by atoms with van der Waals surface area (Å²) in [6, 6.07) is 0. The topological polar surface area (TPSA) is 78.3 Å². The van der Waals surface area contributed by atoms with Crippen LogP contribution in [0.1, 0.15) is 6.92 Å². The summed E-state index contributed by atoms with van der Waals surface area (Å²) in [4.78, 5) is 14.3. The van der Waals surface area contributed by atoms with Crippen molar-refractivity contribution in [3.05, 3.63) is 9.28 Å². The van der Waals surface area contributed by atoms with Gasteiger partial charge in [0.15, 0.2) is 0 Å². The van der Waals surface area contributed by atoms with Gasteiger partial charge in [-0.2, -0.15) is 5.90 Å². The first-order chi connectivity index (χ1) is 4.09. The molecule has 0 aromatic heterocycles. The molecule has 0 aliphatic heterocycles. The van der Waals surface area contributed by atoms with Crippen molar-refractivity contribution >= 4 is 28.6 Å². The van der Waals surface area contributed by atoms with Crippen LogP contribution in [0, 0.1) is 0 Å². The molecule has 0 atom stereocenters. The fourth-order valence-corrected chi connectivity index (χ4v) is 0.340. The summed E-state index contributed by atoms with van der Waals surface area (Å²) in [5, 5.41) is 0. The van der Waals surface area contributed by atoms with Crippen molar-refractivity contribution in [2.24, 2.45) is 11.6 Å². The van der Waals surface area contributed by atoms with Gasteiger partial charge < -0.3 is 10.6 Å². The Hall–Kier alpha value is -0.300. The molecule has 0 rings (SSSR count). The van der Waals surface area contributed by atoms with E-state index in [1.807, 2.05) is 0 Å². The molecule has 0 saturated carbocycles. The maximum Gasteiger partial charge on any atom is 0.364 e. The van der Waals surface area contributed by atoms with Crippen LogP contribution in [0.25, 0.3) is 0 Å². The Balaban J connectivity index is 4.21. The largest absolute Gasteiger partial charge is 0.401 e. The number of nitrogens with two attached hydrogens (primary N) is 2. The van der Waals surface area contributed by atoms with Crippen molar-refractivity contribution in [3.8, 4) is 0 Å². The lowest BCUT2D eigenvalue weighted by atomic mass is 10.4. The van der Waals surface area contributed by atoms with Crippen LogP contribution in [0.5, 0.6) is 0 Å². The molecule has 0 saturated heterocycles. The van der Waals surface area contributed by atoms with Gasteiger partial charge in [0, 0.05) is 5.70 Å². The van der Waals surface area contributed by atoms with Crippen LogP contribution in [0.3, 0.4) is 0 Å². The highest BCUT2D eigenvalue weighted by Gasteiger charge is 2.06. The molecular weight excluding hydrogens is 235 g/mol. The lowest BCUT2D eigenvalue weighted by Gasteiger charge is -1.96. The molecule has 0 heterocycles. The molecule has 0 aliphatic rings. The predicted molar refractivity (Wildman–Crippen MR) is 41.2 cm³/mol. The number of allylic oxidation sites excluding steroid dienone is 1. The summed E-state index contributed by atoms with van der Waals surface area (Å²) in [6.07, 6.45) is 0. The Bertz CT molecular complexity index is 151. The highest BCUT2D eigenvalue weighted by molar-refractivity contribution is 14.1. The van der Waals surface area contributed by atoms with Gasteiger partial charge in [-0.1, -0.05) is 0 Å². The van der Waals surface area contributed by atoms with E-state index < -0.39 is 5.97 Å². The van der Waals surface area contributed by atoms with E-state index in [4.69, 9.17) is 5.73 Å². The Morgan fingerprint density at radius 2 is 2.11 bits per heavy atom. The number of carbonyl (C=O) groups is 1. The molecule has 5 heteroatoms. The Labute approximate surface area is 66.3 Å². The Kier molecular flexibility index (Phi) is 3.55. The van der Waals surface area contributed by atoms with E-state index in [0.717, 1.165) is 0 Å². The number of halogens is 1. The van der Waals surface area contributed by atoms with Gasteiger partial charge in [-0.15, -0.1) is 0 Å². The van der Waals surface area contributed by atoms with Gasteiger partial charge in [-0.05, 0) is 29.5 Å². The lowest BCUT2D eigenvalue weighted by Crippen LogP contribution is -2.12. The quantitative estimate of drug-likeness (QED) is 0.386. The van der Waals surface area contributed by atoms with Crippen molar-refractivity contribution in [2.45, 2.75) is 6.92 Å². The molecule has 0 aliphatic carbocycles. The van der Waals surface area contributed by atoms with Crippen LogP contribution in [-0.2, 0) is 9.63 Å². The molecule has 4 nitrogen and oxygen atoms in total. The van der Waals surface area contributed by atoms with Gasteiger partial charge in [0.2, 0.25) is 0 Å². The SMILES string of the molecule is C/C(N)=C(\I)C(=O)ON. The molecule has 0 radical (unpaired) electrons. The van der Waals surface area contributed by atoms with Gasteiger partial charge >= 0.3 is 5.97 Å². The maximum atomic E-state index is 10.5. The predicted octanol–water partition coefficient (Wildman–Crippen LogP) is 0.0285. The maximum absolute atomic E-state index is 10.5. The minimum absolute atomic E-state index is 0.315. The lowest BCUT2D eigenvalue weighted by molar-refractivity contribution is -0.138. The minimum Gasteiger partial charge on any atom is -0.401 e. The van der Waals surface area contributed by atoms with Crippen molar-refractivity contribution in [1.82, 2.24) is 0 Å². The highest BCUT2D eigenvalue weighted by Crippen LogP contribution is 2.08. The van der Waals surface area contributed by atoms with Crippen molar-refractivity contribution in [2.75, 3.05) is 0 Å². The zero-order valence-electron chi connectivity index (χ0n) is 4.85. The molecule has 9 heavy (non-hydrogen) atoms. The molecule has 0 aromatic carbocycles. The molecule has 0 unspecified atom stereocenters. The van der Waals surface area contributed by atoms with E-state index >= 15 is 0 Å². The third kappa shape index (κ3) is 2.66. The Morgan fingerprint density at radius 1 is 1.67 bits per heavy atom. The second kappa shape index (κ2) is 3.67. The van der Waals surface area contributed by atoms with Crippen LogP contribution in [0.2, 0.25) is 0 Å². The first-order valence-corrected chi connectivity index (χ1v) is 3.20. The minimum atomic E-state index is -0.601. The molecule has 0 bridgehead atoms. The highest BCUT2D eigenvalue weighted by atomic mass is 127. The van der Waals surface area contributed by atoms with Crippen molar-refractivity contribution < 1.29 is 9.63 Å². The summed E-state index contributed by atoms with van der Waals surface area (Å²) < 4.78 is 0.315. The molecule has 0 amide bonds. The molecule has 0 spiro atoms. The summed E-state index contributed by atoms with van der Waals surface area (Å²) >= 11 is 1.76. The summed E-state index contributed by atoms with van der Waals surface area (Å²) in [5.74, 6) is 3.97. The molecule has 0 fully saturated rings. The first kappa shape index (κ1) is 8.70. The van der Waals surface area contributed by atoms with Gasteiger partial charge in [0.05, 0.1) is 0 Å². The van der Waals surface area contributed by atoms with Crippen molar-refractivity contribution in [3.63, 3.8) is 0 Å². The van der Waals surface area contributed by atoms with Crippen LogP contribution < -0.4 is 11.6 Å². The second-order valence-electron chi connectivity index (χ2n) is 1.40. The van der Waals surface area contributed by atoms with Gasteiger partial charge in [-0.3, -0.25) is 0 Å². The van der Waals surface area contributed by atoms with E-state index in [9.17, 15) is 4.79 Å². The van der Waals surface area contributed by atoms with Crippen LogP contribution in [0.15, 0.2) is 9.28 Å². The fraction of sp³-hybridized carbons (Fsp3) is 0.250. The van der Waals surface area contributed by atoms with Gasteiger partial charge in [-0.25, -0.2) is 4.79 Å². The normalized spacial score (nSPS) is 12.3. The third-order valence-electron chi connectivity index (χ3n) is 0.632. The van der Waals surface area contributed by atoms with E-state index in [0.29, 0.717) is 9.28 Å². The fourth-order valence-electron chi connectivity index (χ4n) is 0.213. The van der Waals surface area contributed by atoms with E-state index in [-0.39, 0.29) is 0 Å². The molecular formula is C4H7IN2O2. The van der Waals surface area contributed by atoms with Gasteiger partial charge in [0.25, 0.3) is 0 Å². The summed E-state index contributed by atoms with van der Waals surface area (Å²) in [7, 11) is 0. The number of hydrogen-bond donors (Lipinski definition) is 2. The second-order valence-corrected chi connectivity index (χ2v) is 2.48. The van der Waals surface area contributed by atoms with E-state index in [1.165, 1.54) is 0 Å². The van der Waals surface area contributed by atoms with E-state index in [2.05, 4.69) is 10.7 Å². The monoisotopic (exact) mass is 242 g/mol. The van der Waals surface area contributed by atoms with Crippen molar-refractivity contribution in [1.29, 1.82) is 0 Å². The standard InChI is InChI=1S/C4H7IN2O2/c1-2(6)3(5)4(8)9-7/h6-7H2,1H3/b3-2+. The van der Waals surface area contributed by atoms with Crippen LogP contribution in [0.4, 0.5) is 0 Å². The smallest absolute Gasteiger partial charge is 0.364 e. The zero-order chi connectivity index (χ0) is 7.44.